The Bertz CT molecular complexity index is 941. The highest BCUT2D eigenvalue weighted by atomic mass is 32.2. The molecule has 0 atom stereocenters. The average molecular weight is 445 g/mol. The molecule has 0 unspecified atom stereocenters. The summed E-state index contributed by atoms with van der Waals surface area (Å²) in [6, 6.07) is 5.92. The van der Waals surface area contributed by atoms with E-state index in [1.807, 2.05) is 34.9 Å². The molecule has 4 rings (SSSR count). The number of carbonyl (C=O) groups is 2. The lowest BCUT2D eigenvalue weighted by molar-refractivity contribution is -0.139. The van der Waals surface area contributed by atoms with Gasteiger partial charge in [-0.1, -0.05) is 0 Å². The van der Waals surface area contributed by atoms with E-state index in [0.29, 0.717) is 43.5 Å². The van der Waals surface area contributed by atoms with Crippen LogP contribution < -0.4 is 9.64 Å². The smallest absolute Gasteiger partial charge is 0.242 e. The van der Waals surface area contributed by atoms with Crippen molar-refractivity contribution in [2.75, 3.05) is 62.8 Å². The Hall–Kier alpha value is -2.68. The highest BCUT2D eigenvalue weighted by Crippen LogP contribution is 2.34. The van der Waals surface area contributed by atoms with Gasteiger partial charge in [-0.2, -0.15) is 11.8 Å². The van der Waals surface area contributed by atoms with Crippen molar-refractivity contribution in [2.45, 2.75) is 13.3 Å². The number of carbonyl (C=O) groups excluding carboxylic acids is 2. The molecule has 2 aliphatic heterocycles. The first-order valence-electron chi connectivity index (χ1n) is 10.5. The number of amides is 2. The Morgan fingerprint density at radius 3 is 2.71 bits per heavy atom. The number of nitrogens with zero attached hydrogens (tertiary/aromatic N) is 4. The summed E-state index contributed by atoms with van der Waals surface area (Å²) in [6.45, 7) is 5.32. The van der Waals surface area contributed by atoms with Gasteiger partial charge in [0.15, 0.2) is 11.7 Å². The number of hydrogen-bond donors (Lipinski definition) is 0. The molecule has 166 valence electrons. The van der Waals surface area contributed by atoms with E-state index in [9.17, 15) is 9.59 Å². The van der Waals surface area contributed by atoms with Gasteiger partial charge in [0.1, 0.15) is 5.75 Å². The molecule has 2 fully saturated rings. The fraction of sp³-hybridized carbons (Fsp3) is 0.500. The summed E-state index contributed by atoms with van der Waals surface area (Å²) in [5.74, 6) is 3.98. The third-order valence-corrected chi connectivity index (χ3v) is 6.66. The lowest BCUT2D eigenvalue weighted by atomic mass is 10.1. The molecular weight excluding hydrogens is 416 g/mol. The van der Waals surface area contributed by atoms with E-state index in [0.717, 1.165) is 35.8 Å². The lowest BCUT2D eigenvalue weighted by Crippen LogP contribution is -2.46. The molecule has 0 bridgehead atoms. The second-order valence-corrected chi connectivity index (χ2v) is 8.90. The van der Waals surface area contributed by atoms with Gasteiger partial charge < -0.3 is 23.9 Å². The maximum Gasteiger partial charge on any atom is 0.242 e. The van der Waals surface area contributed by atoms with E-state index in [1.165, 1.54) is 0 Å². The Balaban J connectivity index is 1.44. The molecule has 0 N–H and O–H groups in total. The van der Waals surface area contributed by atoms with Crippen molar-refractivity contribution in [3.8, 4) is 17.1 Å². The minimum absolute atomic E-state index is 0.0305. The number of aryl methyl sites for hydroxylation is 1. The minimum Gasteiger partial charge on any atom is -0.496 e. The molecule has 2 aliphatic rings. The number of ether oxygens (including phenoxy) is 1. The molecule has 9 heteroatoms. The predicted octanol–water partition coefficient (Wildman–Crippen LogP) is 2.27. The van der Waals surface area contributed by atoms with Crippen LogP contribution in [0.4, 0.5) is 5.69 Å². The number of rotatable bonds is 5. The van der Waals surface area contributed by atoms with Gasteiger partial charge in [-0.25, -0.2) is 4.98 Å². The zero-order valence-electron chi connectivity index (χ0n) is 18.0. The third kappa shape index (κ3) is 4.98. The van der Waals surface area contributed by atoms with Gasteiger partial charge in [-0.15, -0.1) is 0 Å². The van der Waals surface area contributed by atoms with Gasteiger partial charge in [0.05, 0.1) is 25.4 Å². The average Bonchev–Trinajstić information content (AvgIpc) is 3.15. The SMILES string of the molecule is COc1cc(N2CCC(=O)N(CC(=O)N3CCSCC3)CC2)ccc1-c1cnc(C)o1. The van der Waals surface area contributed by atoms with Gasteiger partial charge in [0.25, 0.3) is 0 Å². The summed E-state index contributed by atoms with van der Waals surface area (Å²) >= 11 is 1.87. The molecule has 3 heterocycles. The van der Waals surface area contributed by atoms with Crippen LogP contribution in [0.25, 0.3) is 11.3 Å². The number of methoxy groups -OCH3 is 1. The Morgan fingerprint density at radius 2 is 2.00 bits per heavy atom. The first-order chi connectivity index (χ1) is 15.0. The quantitative estimate of drug-likeness (QED) is 0.700. The highest BCUT2D eigenvalue weighted by molar-refractivity contribution is 7.99. The normalized spacial score (nSPS) is 17.6. The van der Waals surface area contributed by atoms with Crippen molar-refractivity contribution in [2.24, 2.45) is 0 Å². The number of anilines is 1. The van der Waals surface area contributed by atoms with Gasteiger partial charge >= 0.3 is 0 Å². The van der Waals surface area contributed by atoms with Crippen LogP contribution in [-0.2, 0) is 9.59 Å². The highest BCUT2D eigenvalue weighted by Gasteiger charge is 2.26. The molecule has 1 aromatic carbocycles. The summed E-state index contributed by atoms with van der Waals surface area (Å²) in [5, 5.41) is 0. The molecule has 8 nitrogen and oxygen atoms in total. The van der Waals surface area contributed by atoms with E-state index in [1.54, 1.807) is 25.1 Å². The Morgan fingerprint density at radius 1 is 1.19 bits per heavy atom. The summed E-state index contributed by atoms with van der Waals surface area (Å²) < 4.78 is 11.2. The van der Waals surface area contributed by atoms with Crippen molar-refractivity contribution in [3.63, 3.8) is 0 Å². The van der Waals surface area contributed by atoms with Crippen LogP contribution in [0.2, 0.25) is 0 Å². The number of thioether (sulfide) groups is 1. The second-order valence-electron chi connectivity index (χ2n) is 7.67. The number of oxazole rings is 1. The fourth-order valence-corrected chi connectivity index (χ4v) is 4.84. The van der Waals surface area contributed by atoms with Crippen LogP contribution in [0.1, 0.15) is 12.3 Å². The minimum atomic E-state index is 0.0305. The van der Waals surface area contributed by atoms with Gasteiger partial charge in [0, 0.05) is 69.3 Å². The molecule has 1 aromatic heterocycles. The molecular formula is C22H28N4O4S. The van der Waals surface area contributed by atoms with Gasteiger partial charge in [0.2, 0.25) is 11.8 Å². The molecule has 2 aromatic rings. The summed E-state index contributed by atoms with van der Waals surface area (Å²) in [5.41, 5.74) is 1.82. The van der Waals surface area contributed by atoms with Crippen LogP contribution in [0.3, 0.4) is 0 Å². The van der Waals surface area contributed by atoms with Gasteiger partial charge in [-0.3, -0.25) is 9.59 Å². The van der Waals surface area contributed by atoms with Crippen LogP contribution in [0.5, 0.6) is 5.75 Å². The first kappa shape index (κ1) is 21.5. The van der Waals surface area contributed by atoms with Gasteiger partial charge in [-0.05, 0) is 12.1 Å². The number of aromatic nitrogens is 1. The lowest BCUT2D eigenvalue weighted by Gasteiger charge is -2.29. The van der Waals surface area contributed by atoms with Crippen LogP contribution in [0, 0.1) is 6.92 Å². The molecule has 2 saturated heterocycles. The van der Waals surface area contributed by atoms with Crippen LogP contribution in [0.15, 0.2) is 28.8 Å². The standard InChI is InChI=1S/C22H28N4O4S/c1-16-23-14-20(30-16)18-4-3-17(13-19(18)29-2)24-6-5-21(27)26(8-7-24)15-22(28)25-9-11-31-12-10-25/h3-4,13-14H,5-12,15H2,1-2H3. The molecule has 0 saturated carbocycles. The predicted molar refractivity (Wildman–Crippen MR) is 121 cm³/mol. The van der Waals surface area contributed by atoms with Crippen molar-refractivity contribution in [1.29, 1.82) is 0 Å². The van der Waals surface area contributed by atoms with Crippen molar-refractivity contribution < 1.29 is 18.7 Å². The number of benzene rings is 1. The fourth-order valence-electron chi connectivity index (χ4n) is 3.93. The zero-order valence-corrected chi connectivity index (χ0v) is 18.8. The van der Waals surface area contributed by atoms with Crippen LogP contribution in [-0.4, -0.2) is 84.5 Å². The second kappa shape index (κ2) is 9.64. The maximum absolute atomic E-state index is 12.7. The van der Waals surface area contributed by atoms with E-state index >= 15 is 0 Å². The zero-order chi connectivity index (χ0) is 21.8. The van der Waals surface area contributed by atoms with Crippen molar-refractivity contribution in [3.05, 3.63) is 30.3 Å². The molecule has 0 aliphatic carbocycles. The van der Waals surface area contributed by atoms with E-state index < -0.39 is 0 Å². The molecule has 0 radical (unpaired) electrons. The maximum atomic E-state index is 12.7. The molecule has 0 spiro atoms. The monoisotopic (exact) mass is 444 g/mol. The summed E-state index contributed by atoms with van der Waals surface area (Å²) in [7, 11) is 1.63. The summed E-state index contributed by atoms with van der Waals surface area (Å²) in [4.78, 5) is 35.2. The van der Waals surface area contributed by atoms with E-state index in [4.69, 9.17) is 9.15 Å². The van der Waals surface area contributed by atoms with Crippen molar-refractivity contribution >= 4 is 29.3 Å². The van der Waals surface area contributed by atoms with Crippen molar-refractivity contribution in [1.82, 2.24) is 14.8 Å². The molecule has 31 heavy (non-hydrogen) atoms. The first-order valence-corrected chi connectivity index (χ1v) is 11.7. The Labute approximate surface area is 186 Å². The molecule has 2 amide bonds. The third-order valence-electron chi connectivity index (χ3n) is 5.72. The van der Waals surface area contributed by atoms with Crippen LogP contribution >= 0.6 is 11.8 Å². The summed E-state index contributed by atoms with van der Waals surface area (Å²) in [6.07, 6.45) is 2.07. The largest absolute Gasteiger partial charge is 0.496 e. The van der Waals surface area contributed by atoms with E-state index in [-0.39, 0.29) is 18.4 Å². The Kier molecular flexibility index (Phi) is 6.70. The van der Waals surface area contributed by atoms with E-state index in [2.05, 4.69) is 9.88 Å². The number of hydrogen-bond acceptors (Lipinski definition) is 7. The topological polar surface area (TPSA) is 79.1 Å².